The van der Waals surface area contributed by atoms with Crippen LogP contribution in [0, 0.1) is 16.0 Å². The Hall–Kier alpha value is -3.25. The molecular weight excluding hydrogens is 356 g/mol. The molecule has 2 aromatic rings. The topological polar surface area (TPSA) is 83.7 Å². The summed E-state index contributed by atoms with van der Waals surface area (Å²) in [7, 11) is 3.91. The van der Waals surface area contributed by atoms with E-state index in [0.29, 0.717) is 5.56 Å². The maximum atomic E-state index is 12.3. The number of nitrogens with zero attached hydrogens (tertiary/aromatic N) is 2. The Morgan fingerprint density at radius 3 is 2.36 bits per heavy atom. The highest BCUT2D eigenvalue weighted by atomic mass is 16.6. The zero-order valence-electron chi connectivity index (χ0n) is 16.1. The second-order valence-electron chi connectivity index (χ2n) is 6.68. The molecule has 0 aliphatic heterocycles. The smallest absolute Gasteiger partial charge is 0.276 e. The van der Waals surface area contributed by atoms with Gasteiger partial charge in [0.15, 0.2) is 5.78 Å². The van der Waals surface area contributed by atoms with Crippen LogP contribution in [0.15, 0.2) is 60.7 Å². The molecule has 2 atom stereocenters. The maximum Gasteiger partial charge on any atom is 0.276 e. The van der Waals surface area contributed by atoms with Gasteiger partial charge in [0.25, 0.3) is 5.69 Å². The summed E-state index contributed by atoms with van der Waals surface area (Å²) in [6.45, 7) is 1.62. The molecule has 0 unspecified atom stereocenters. The highest BCUT2D eigenvalue weighted by Crippen LogP contribution is 2.20. The Balaban J connectivity index is 2.03. The van der Waals surface area contributed by atoms with Gasteiger partial charge in [-0.2, -0.15) is 0 Å². The molecule has 6 nitrogen and oxygen atoms in total. The number of carbonyl (C=O) groups excluding carboxylic acids is 1. The van der Waals surface area contributed by atoms with Gasteiger partial charge in [-0.25, -0.2) is 0 Å². The largest absolute Gasteiger partial charge is 0.388 e. The molecule has 146 valence electrons. The van der Waals surface area contributed by atoms with Crippen molar-refractivity contribution < 1.29 is 14.8 Å². The number of allylic oxidation sites excluding steroid dienone is 1. The van der Waals surface area contributed by atoms with Crippen LogP contribution in [0.4, 0.5) is 11.4 Å². The van der Waals surface area contributed by atoms with E-state index in [2.05, 4.69) is 0 Å². The summed E-state index contributed by atoms with van der Waals surface area (Å²) in [4.78, 5) is 24.9. The first kappa shape index (κ1) is 21.1. The summed E-state index contributed by atoms with van der Waals surface area (Å²) in [6, 6.07) is 14.0. The Labute approximate surface area is 164 Å². The molecule has 2 aromatic carbocycles. The van der Waals surface area contributed by atoms with E-state index < -0.39 is 16.9 Å². The number of para-hydroxylation sites is 1. The van der Waals surface area contributed by atoms with Gasteiger partial charge in [0.1, 0.15) is 0 Å². The van der Waals surface area contributed by atoms with Gasteiger partial charge in [0.05, 0.1) is 16.6 Å². The molecule has 0 radical (unpaired) electrons. The van der Waals surface area contributed by atoms with Crippen LogP contribution in [0.3, 0.4) is 0 Å². The van der Waals surface area contributed by atoms with Crippen LogP contribution in [-0.2, 0) is 4.79 Å². The highest BCUT2D eigenvalue weighted by molar-refractivity contribution is 5.95. The molecule has 0 fully saturated rings. The summed E-state index contributed by atoms with van der Waals surface area (Å²) in [6.07, 6.45) is 4.97. The van der Waals surface area contributed by atoms with Gasteiger partial charge in [0, 0.05) is 31.8 Å². The first-order chi connectivity index (χ1) is 13.3. The van der Waals surface area contributed by atoms with Gasteiger partial charge in [-0.3, -0.25) is 14.9 Å². The van der Waals surface area contributed by atoms with E-state index in [1.165, 1.54) is 24.3 Å². The van der Waals surface area contributed by atoms with E-state index in [1.807, 2.05) is 43.3 Å². The molecular formula is C22H24N2O4. The fourth-order valence-corrected chi connectivity index (χ4v) is 2.55. The number of hydrogen-bond donors (Lipinski definition) is 1. The molecule has 0 amide bonds. The third-order valence-electron chi connectivity index (χ3n) is 4.42. The lowest BCUT2D eigenvalue weighted by molar-refractivity contribution is -0.385. The Morgan fingerprint density at radius 2 is 1.75 bits per heavy atom. The zero-order valence-corrected chi connectivity index (χ0v) is 16.1. The summed E-state index contributed by atoms with van der Waals surface area (Å²) in [5.41, 5.74) is 2.28. The molecule has 0 spiro atoms. The van der Waals surface area contributed by atoms with Gasteiger partial charge in [-0.05, 0) is 35.9 Å². The van der Waals surface area contributed by atoms with Gasteiger partial charge in [-0.15, -0.1) is 0 Å². The van der Waals surface area contributed by atoms with Crippen molar-refractivity contribution in [3.8, 4) is 0 Å². The first-order valence-corrected chi connectivity index (χ1v) is 8.88. The monoisotopic (exact) mass is 380 g/mol. The molecule has 6 heteroatoms. The van der Waals surface area contributed by atoms with Gasteiger partial charge in [-0.1, -0.05) is 43.3 Å². The minimum Gasteiger partial charge on any atom is -0.388 e. The minimum absolute atomic E-state index is 0.0500. The molecule has 1 N–H and O–H groups in total. The molecule has 0 saturated carbocycles. The molecule has 0 bridgehead atoms. The van der Waals surface area contributed by atoms with Crippen molar-refractivity contribution in [1.29, 1.82) is 0 Å². The van der Waals surface area contributed by atoms with E-state index in [4.69, 9.17) is 0 Å². The van der Waals surface area contributed by atoms with Crippen LogP contribution in [0.2, 0.25) is 0 Å². The Morgan fingerprint density at radius 1 is 1.11 bits per heavy atom. The number of aliphatic hydroxyl groups is 1. The second kappa shape index (κ2) is 9.62. The number of aliphatic hydroxyl groups excluding tert-OH is 1. The van der Waals surface area contributed by atoms with E-state index in [1.54, 1.807) is 31.2 Å². The summed E-state index contributed by atoms with van der Waals surface area (Å²) < 4.78 is 0. The Kier molecular flexibility index (Phi) is 7.23. The second-order valence-corrected chi connectivity index (χ2v) is 6.68. The lowest BCUT2D eigenvalue weighted by Crippen LogP contribution is -2.22. The van der Waals surface area contributed by atoms with Crippen molar-refractivity contribution in [2.75, 3.05) is 19.0 Å². The average molecular weight is 380 g/mol. The van der Waals surface area contributed by atoms with Crippen molar-refractivity contribution in [3.63, 3.8) is 0 Å². The third kappa shape index (κ3) is 5.62. The molecule has 0 aromatic heterocycles. The standard InChI is InChI=1S/C22H24N2O4/c1-16(21(25)14-10-17-8-12-19(13-9-17)23(2)3)22(26)15-11-18-6-4-5-7-20(18)24(27)28/h4-16,22,26H,1-3H3/b14-10+,15-11+/t16-,22+/m0/s1. The lowest BCUT2D eigenvalue weighted by atomic mass is 9.97. The van der Waals surface area contributed by atoms with Crippen molar-refractivity contribution in [1.82, 2.24) is 0 Å². The van der Waals surface area contributed by atoms with Gasteiger partial charge >= 0.3 is 0 Å². The highest BCUT2D eigenvalue weighted by Gasteiger charge is 2.18. The van der Waals surface area contributed by atoms with Crippen molar-refractivity contribution in [3.05, 3.63) is 81.9 Å². The van der Waals surface area contributed by atoms with Gasteiger partial charge < -0.3 is 10.0 Å². The van der Waals surface area contributed by atoms with E-state index in [0.717, 1.165) is 11.3 Å². The first-order valence-electron chi connectivity index (χ1n) is 8.88. The normalized spacial score (nSPS) is 13.6. The third-order valence-corrected chi connectivity index (χ3v) is 4.42. The van der Waals surface area contributed by atoms with Crippen LogP contribution >= 0.6 is 0 Å². The number of nitro benzene ring substituents is 1. The summed E-state index contributed by atoms with van der Waals surface area (Å²) in [5.74, 6) is -0.896. The van der Waals surface area contributed by atoms with Crippen LogP contribution in [-0.4, -0.2) is 36.0 Å². The number of rotatable bonds is 8. The van der Waals surface area contributed by atoms with Crippen LogP contribution in [0.5, 0.6) is 0 Å². The average Bonchev–Trinajstić information content (AvgIpc) is 2.69. The predicted octanol–water partition coefficient (Wildman–Crippen LogP) is 3.95. The maximum absolute atomic E-state index is 12.3. The summed E-state index contributed by atoms with van der Waals surface area (Å²) in [5, 5.41) is 21.3. The number of anilines is 1. The van der Waals surface area contributed by atoms with Crippen molar-refractivity contribution in [2.45, 2.75) is 13.0 Å². The molecule has 0 aliphatic carbocycles. The molecule has 0 aliphatic rings. The fraction of sp³-hybridized carbons (Fsp3) is 0.227. The fourth-order valence-electron chi connectivity index (χ4n) is 2.55. The SMILES string of the molecule is C[C@@H](C(=O)/C=C/c1ccc(N(C)C)cc1)[C@H](O)/C=C/c1ccccc1[N+](=O)[O-]. The van der Waals surface area contributed by atoms with E-state index >= 15 is 0 Å². The van der Waals surface area contributed by atoms with Crippen molar-refractivity contribution >= 4 is 29.3 Å². The number of carbonyl (C=O) groups is 1. The predicted molar refractivity (Wildman–Crippen MR) is 112 cm³/mol. The summed E-state index contributed by atoms with van der Waals surface area (Å²) >= 11 is 0. The number of benzene rings is 2. The van der Waals surface area contributed by atoms with Crippen LogP contribution < -0.4 is 4.90 Å². The zero-order chi connectivity index (χ0) is 20.7. The number of hydrogen-bond acceptors (Lipinski definition) is 5. The van der Waals surface area contributed by atoms with Crippen LogP contribution in [0.25, 0.3) is 12.2 Å². The quantitative estimate of drug-likeness (QED) is 0.426. The van der Waals surface area contributed by atoms with Crippen molar-refractivity contribution in [2.24, 2.45) is 5.92 Å². The van der Waals surface area contributed by atoms with E-state index in [-0.39, 0.29) is 11.5 Å². The molecule has 0 heterocycles. The lowest BCUT2D eigenvalue weighted by Gasteiger charge is -2.13. The number of ketones is 1. The Bertz CT molecular complexity index is 886. The number of nitro groups is 1. The van der Waals surface area contributed by atoms with E-state index in [9.17, 15) is 20.0 Å². The molecule has 2 rings (SSSR count). The molecule has 0 saturated heterocycles. The van der Waals surface area contributed by atoms with Crippen LogP contribution in [0.1, 0.15) is 18.1 Å². The van der Waals surface area contributed by atoms with Gasteiger partial charge in [0.2, 0.25) is 0 Å². The minimum atomic E-state index is -1.05. The molecule has 28 heavy (non-hydrogen) atoms.